The SMILES string of the molecule is CN1Cc2ccc(OCCNC(=O)CN3CCOCC3)cc2C1. The van der Waals surface area contributed by atoms with Crippen LogP contribution < -0.4 is 10.1 Å². The molecule has 0 spiro atoms. The normalized spacial score (nSPS) is 18.7. The number of nitrogens with one attached hydrogen (secondary N) is 1. The topological polar surface area (TPSA) is 54.0 Å². The lowest BCUT2D eigenvalue weighted by atomic mass is 10.1. The molecular formula is C17H25N3O3. The Balaban J connectivity index is 1.35. The molecule has 1 amide bonds. The van der Waals surface area contributed by atoms with Crippen LogP contribution in [0.3, 0.4) is 0 Å². The predicted molar refractivity (Wildman–Crippen MR) is 87.4 cm³/mol. The van der Waals surface area contributed by atoms with Crippen LogP contribution in [0, 0.1) is 0 Å². The number of benzene rings is 1. The van der Waals surface area contributed by atoms with Crippen molar-refractivity contribution in [2.75, 3.05) is 53.0 Å². The van der Waals surface area contributed by atoms with Gasteiger partial charge in [0.05, 0.1) is 26.3 Å². The first-order chi connectivity index (χ1) is 11.2. The average Bonchev–Trinajstić information content (AvgIpc) is 2.92. The zero-order valence-electron chi connectivity index (χ0n) is 13.7. The lowest BCUT2D eigenvalue weighted by Crippen LogP contribution is -2.43. The summed E-state index contributed by atoms with van der Waals surface area (Å²) >= 11 is 0. The summed E-state index contributed by atoms with van der Waals surface area (Å²) < 4.78 is 11.0. The van der Waals surface area contributed by atoms with E-state index in [-0.39, 0.29) is 5.91 Å². The Morgan fingerprint density at radius 2 is 2.04 bits per heavy atom. The minimum Gasteiger partial charge on any atom is -0.492 e. The van der Waals surface area contributed by atoms with Crippen LogP contribution in [0.2, 0.25) is 0 Å². The van der Waals surface area contributed by atoms with Gasteiger partial charge in [-0.25, -0.2) is 0 Å². The maximum Gasteiger partial charge on any atom is 0.234 e. The van der Waals surface area contributed by atoms with Gasteiger partial charge in [0, 0.05) is 26.2 Å². The second kappa shape index (κ2) is 7.77. The van der Waals surface area contributed by atoms with Gasteiger partial charge in [-0.15, -0.1) is 0 Å². The zero-order valence-corrected chi connectivity index (χ0v) is 13.7. The second-order valence-corrected chi connectivity index (χ2v) is 6.19. The fourth-order valence-corrected chi connectivity index (χ4v) is 3.01. The van der Waals surface area contributed by atoms with Crippen molar-refractivity contribution < 1.29 is 14.3 Å². The van der Waals surface area contributed by atoms with Gasteiger partial charge in [0.25, 0.3) is 0 Å². The summed E-state index contributed by atoms with van der Waals surface area (Å²) in [5, 5.41) is 2.90. The van der Waals surface area contributed by atoms with Crippen LogP contribution in [0.25, 0.3) is 0 Å². The summed E-state index contributed by atoms with van der Waals surface area (Å²) in [6, 6.07) is 6.24. The van der Waals surface area contributed by atoms with Gasteiger partial charge in [-0.05, 0) is 30.3 Å². The summed E-state index contributed by atoms with van der Waals surface area (Å²) in [5.41, 5.74) is 2.71. The number of carbonyl (C=O) groups excluding carboxylic acids is 1. The van der Waals surface area contributed by atoms with Crippen LogP contribution in [0.1, 0.15) is 11.1 Å². The van der Waals surface area contributed by atoms with Crippen LogP contribution in [-0.2, 0) is 22.6 Å². The lowest BCUT2D eigenvalue weighted by Gasteiger charge is -2.25. The van der Waals surface area contributed by atoms with Gasteiger partial charge in [0.1, 0.15) is 12.4 Å². The van der Waals surface area contributed by atoms with Crippen LogP contribution in [0.15, 0.2) is 18.2 Å². The molecule has 3 rings (SSSR count). The van der Waals surface area contributed by atoms with E-state index >= 15 is 0 Å². The molecule has 0 radical (unpaired) electrons. The van der Waals surface area contributed by atoms with E-state index in [1.165, 1.54) is 11.1 Å². The largest absolute Gasteiger partial charge is 0.492 e. The first-order valence-corrected chi connectivity index (χ1v) is 8.20. The van der Waals surface area contributed by atoms with E-state index in [0.29, 0.717) is 32.9 Å². The Hall–Kier alpha value is -1.63. The van der Waals surface area contributed by atoms with Crippen LogP contribution >= 0.6 is 0 Å². The molecule has 2 aliphatic heterocycles. The molecule has 1 aromatic carbocycles. The molecule has 126 valence electrons. The molecule has 0 aromatic heterocycles. The second-order valence-electron chi connectivity index (χ2n) is 6.19. The maximum atomic E-state index is 11.9. The van der Waals surface area contributed by atoms with Gasteiger partial charge in [-0.2, -0.15) is 0 Å². The summed E-state index contributed by atoms with van der Waals surface area (Å²) in [6.45, 7) is 6.52. The summed E-state index contributed by atoms with van der Waals surface area (Å²) in [5.74, 6) is 0.924. The minimum absolute atomic E-state index is 0.0473. The number of ether oxygens (including phenoxy) is 2. The van der Waals surface area contributed by atoms with E-state index < -0.39 is 0 Å². The summed E-state index contributed by atoms with van der Waals surface area (Å²) in [7, 11) is 2.12. The number of nitrogens with zero attached hydrogens (tertiary/aromatic N) is 2. The molecular weight excluding hydrogens is 294 g/mol. The van der Waals surface area contributed by atoms with E-state index in [0.717, 1.165) is 31.9 Å². The highest BCUT2D eigenvalue weighted by atomic mass is 16.5. The monoisotopic (exact) mass is 319 g/mol. The number of hydrogen-bond donors (Lipinski definition) is 1. The first-order valence-electron chi connectivity index (χ1n) is 8.20. The molecule has 0 atom stereocenters. The van der Waals surface area contributed by atoms with Gasteiger partial charge in [0.2, 0.25) is 5.91 Å². The van der Waals surface area contributed by atoms with Gasteiger partial charge >= 0.3 is 0 Å². The lowest BCUT2D eigenvalue weighted by molar-refractivity contribution is -0.123. The van der Waals surface area contributed by atoms with Crippen LogP contribution in [0.5, 0.6) is 5.75 Å². The Labute approximate surface area is 137 Å². The molecule has 1 aromatic rings. The fraction of sp³-hybridized carbons (Fsp3) is 0.588. The number of morpholine rings is 1. The van der Waals surface area contributed by atoms with Gasteiger partial charge in [-0.3, -0.25) is 14.6 Å². The molecule has 0 unspecified atom stereocenters. The smallest absolute Gasteiger partial charge is 0.234 e. The van der Waals surface area contributed by atoms with Crippen molar-refractivity contribution >= 4 is 5.91 Å². The van der Waals surface area contributed by atoms with E-state index in [9.17, 15) is 4.79 Å². The summed E-state index contributed by atoms with van der Waals surface area (Å²) in [4.78, 5) is 16.2. The number of hydrogen-bond acceptors (Lipinski definition) is 5. The standard InChI is InChI=1S/C17H25N3O3/c1-19-11-14-2-3-16(10-15(14)12-19)23-7-4-18-17(21)13-20-5-8-22-9-6-20/h2-3,10H,4-9,11-13H2,1H3,(H,18,21). The van der Waals surface area contributed by atoms with Crippen LogP contribution in [0.4, 0.5) is 0 Å². The van der Waals surface area contributed by atoms with Crippen molar-refractivity contribution in [1.29, 1.82) is 0 Å². The van der Waals surface area contributed by atoms with Crippen molar-refractivity contribution in [1.82, 2.24) is 15.1 Å². The predicted octanol–water partition coefficient (Wildman–Crippen LogP) is 0.459. The van der Waals surface area contributed by atoms with Gasteiger partial charge in [0.15, 0.2) is 0 Å². The van der Waals surface area contributed by atoms with Gasteiger partial charge in [-0.1, -0.05) is 6.07 Å². The minimum atomic E-state index is 0.0473. The molecule has 0 bridgehead atoms. The van der Waals surface area contributed by atoms with Crippen LogP contribution in [-0.4, -0.2) is 68.8 Å². The number of fused-ring (bicyclic) bond motifs is 1. The highest BCUT2D eigenvalue weighted by molar-refractivity contribution is 5.78. The Kier molecular flexibility index (Phi) is 5.48. The van der Waals surface area contributed by atoms with E-state index in [1.807, 2.05) is 6.07 Å². The molecule has 0 saturated carbocycles. The molecule has 6 heteroatoms. The first kappa shape index (κ1) is 16.2. The Morgan fingerprint density at radius 1 is 1.26 bits per heavy atom. The quantitative estimate of drug-likeness (QED) is 0.772. The molecule has 1 saturated heterocycles. The van der Waals surface area contributed by atoms with Crippen molar-refractivity contribution in [3.05, 3.63) is 29.3 Å². The van der Waals surface area contributed by atoms with E-state index in [1.54, 1.807) is 0 Å². The van der Waals surface area contributed by atoms with E-state index in [4.69, 9.17) is 9.47 Å². The Morgan fingerprint density at radius 3 is 2.87 bits per heavy atom. The zero-order chi connectivity index (χ0) is 16.1. The number of amides is 1. The van der Waals surface area contributed by atoms with Crippen molar-refractivity contribution in [3.8, 4) is 5.75 Å². The molecule has 1 fully saturated rings. The Bertz CT molecular complexity index is 544. The molecule has 23 heavy (non-hydrogen) atoms. The third-order valence-corrected chi connectivity index (χ3v) is 4.22. The molecule has 6 nitrogen and oxygen atoms in total. The average molecular weight is 319 g/mol. The third kappa shape index (κ3) is 4.67. The molecule has 0 aliphatic carbocycles. The highest BCUT2D eigenvalue weighted by Gasteiger charge is 2.16. The highest BCUT2D eigenvalue weighted by Crippen LogP contribution is 2.25. The van der Waals surface area contributed by atoms with E-state index in [2.05, 4.69) is 34.3 Å². The fourth-order valence-electron chi connectivity index (χ4n) is 3.01. The number of carbonyl (C=O) groups is 1. The van der Waals surface area contributed by atoms with Crippen molar-refractivity contribution in [2.45, 2.75) is 13.1 Å². The van der Waals surface area contributed by atoms with Gasteiger partial charge < -0.3 is 14.8 Å². The maximum absolute atomic E-state index is 11.9. The molecule has 2 aliphatic rings. The number of rotatable bonds is 6. The van der Waals surface area contributed by atoms with Crippen molar-refractivity contribution in [2.24, 2.45) is 0 Å². The molecule has 1 N–H and O–H groups in total. The molecule has 2 heterocycles. The van der Waals surface area contributed by atoms with Crippen molar-refractivity contribution in [3.63, 3.8) is 0 Å². The summed E-state index contributed by atoms with van der Waals surface area (Å²) in [6.07, 6.45) is 0. The third-order valence-electron chi connectivity index (χ3n) is 4.22.